The van der Waals surface area contributed by atoms with Gasteiger partial charge in [-0.05, 0) is 95.4 Å². The third kappa shape index (κ3) is 6.21. The molecule has 0 bridgehead atoms. The molecule has 0 saturated carbocycles. The molecule has 1 aromatic carbocycles. The van der Waals surface area contributed by atoms with Crippen molar-refractivity contribution in [2.75, 3.05) is 56.5 Å². The number of amides is 1. The number of piperidine rings is 2. The van der Waals surface area contributed by atoms with Gasteiger partial charge in [-0.3, -0.25) is 24.7 Å². The summed E-state index contributed by atoms with van der Waals surface area (Å²) in [6.45, 7) is 10.9. The Morgan fingerprint density at radius 3 is 2.51 bits per heavy atom. The van der Waals surface area contributed by atoms with Gasteiger partial charge in [-0.15, -0.1) is 0 Å². The normalized spacial score (nSPS) is 19.7. The lowest BCUT2D eigenvalue weighted by atomic mass is 9.71. The van der Waals surface area contributed by atoms with Crippen LogP contribution in [0.3, 0.4) is 0 Å². The zero-order valence-corrected chi connectivity index (χ0v) is 26.9. The van der Waals surface area contributed by atoms with E-state index < -0.39 is 5.60 Å². The number of fused-ring (bicyclic) bond motifs is 1. The molecule has 0 unspecified atom stereocenters. The number of pyridine rings is 1. The quantitative estimate of drug-likeness (QED) is 0.325. The first-order chi connectivity index (χ1) is 21.5. The topological polar surface area (TPSA) is 108 Å². The number of hydrogen-bond donors (Lipinski definition) is 2. The summed E-state index contributed by atoms with van der Waals surface area (Å²) in [5.74, 6) is 0.124. The summed E-state index contributed by atoms with van der Waals surface area (Å²) in [5.41, 5.74) is 4.37. The molecule has 3 aromatic heterocycles. The monoisotopic (exact) mass is 611 g/mol. The van der Waals surface area contributed by atoms with Crippen LogP contribution in [0.1, 0.15) is 49.9 Å². The Balaban J connectivity index is 1.07. The maximum Gasteiger partial charge on any atom is 0.258 e. The molecule has 3 aliphatic heterocycles. The highest BCUT2D eigenvalue weighted by Gasteiger charge is 2.46. The third-order valence-corrected chi connectivity index (χ3v) is 10.00. The van der Waals surface area contributed by atoms with Crippen LogP contribution < -0.4 is 10.2 Å². The van der Waals surface area contributed by atoms with E-state index in [0.29, 0.717) is 28.7 Å². The molecule has 1 amide bonds. The maximum atomic E-state index is 13.5. The zero-order valence-electron chi connectivity index (χ0n) is 26.9. The lowest BCUT2D eigenvalue weighted by Gasteiger charge is -2.57. The molecular formula is C34H45N9O2. The van der Waals surface area contributed by atoms with Gasteiger partial charge in [0.25, 0.3) is 5.91 Å². The number of imidazole rings is 1. The zero-order chi connectivity index (χ0) is 31.3. The molecule has 238 valence electrons. The first kappa shape index (κ1) is 29.9. The molecule has 11 heteroatoms. The van der Waals surface area contributed by atoms with Gasteiger partial charge in [0.2, 0.25) is 5.95 Å². The van der Waals surface area contributed by atoms with E-state index in [1.165, 1.54) is 51.9 Å². The van der Waals surface area contributed by atoms with Crippen molar-refractivity contribution in [3.05, 3.63) is 54.5 Å². The first-order valence-electron chi connectivity index (χ1n) is 16.2. The van der Waals surface area contributed by atoms with Gasteiger partial charge in [-0.2, -0.15) is 5.10 Å². The Morgan fingerprint density at radius 1 is 1.07 bits per heavy atom. The third-order valence-electron chi connectivity index (χ3n) is 10.00. The summed E-state index contributed by atoms with van der Waals surface area (Å²) >= 11 is 0. The lowest BCUT2D eigenvalue weighted by molar-refractivity contribution is -0.0704. The number of aryl methyl sites for hydroxylation is 1. The predicted molar refractivity (Wildman–Crippen MR) is 176 cm³/mol. The van der Waals surface area contributed by atoms with Crippen molar-refractivity contribution < 1.29 is 9.90 Å². The van der Waals surface area contributed by atoms with E-state index in [4.69, 9.17) is 4.98 Å². The van der Waals surface area contributed by atoms with Crippen LogP contribution >= 0.6 is 0 Å². The Labute approximate surface area is 264 Å². The predicted octanol–water partition coefficient (Wildman–Crippen LogP) is 3.85. The number of hydrogen-bond acceptors (Lipinski definition) is 8. The SMILES string of the molecule is CN1CCC2(CC1)CN(C1CCN(c3ccc4nc(NC(=O)c5ccnc(-c6cnn(C)c6)c5)n(CC(C)(C)O)c4c3)CC1)C2. The average molecular weight is 612 g/mol. The van der Waals surface area contributed by atoms with Gasteiger partial charge in [-0.25, -0.2) is 4.98 Å². The standard InChI is InChI=1S/C34H45N9O2/c1-33(2,45)21-43-30-18-27(41-13-8-26(9-14-41)42-22-34(23-42)10-15-39(3)16-11-34)5-6-28(30)37-32(43)38-31(44)24-7-12-35-29(17-24)25-19-36-40(4)20-25/h5-7,12,17-20,26,45H,8-11,13-16,21-23H2,1-4H3,(H,37,38,44). The Hall–Kier alpha value is -3.80. The number of aromatic nitrogens is 5. The molecule has 1 spiro atoms. The average Bonchev–Trinajstić information content (AvgIpc) is 3.58. The van der Waals surface area contributed by atoms with E-state index >= 15 is 0 Å². The van der Waals surface area contributed by atoms with Gasteiger partial charge >= 0.3 is 0 Å². The molecule has 6 heterocycles. The van der Waals surface area contributed by atoms with Crippen molar-refractivity contribution >= 4 is 28.6 Å². The van der Waals surface area contributed by atoms with Gasteiger partial charge in [0.15, 0.2) is 0 Å². The van der Waals surface area contributed by atoms with Gasteiger partial charge in [-0.1, -0.05) is 0 Å². The van der Waals surface area contributed by atoms with Gasteiger partial charge in [0.1, 0.15) is 0 Å². The first-order valence-corrected chi connectivity index (χ1v) is 16.2. The molecule has 0 aliphatic carbocycles. The highest BCUT2D eigenvalue weighted by Crippen LogP contribution is 2.42. The molecule has 0 atom stereocenters. The number of likely N-dealkylation sites (tertiary alicyclic amines) is 2. The summed E-state index contributed by atoms with van der Waals surface area (Å²) in [6, 6.07) is 10.4. The van der Waals surface area contributed by atoms with Crippen LogP contribution in [0, 0.1) is 5.41 Å². The number of carbonyl (C=O) groups excluding carboxylic acids is 1. The molecule has 0 radical (unpaired) electrons. The van der Waals surface area contributed by atoms with Crippen molar-refractivity contribution in [3.63, 3.8) is 0 Å². The summed E-state index contributed by atoms with van der Waals surface area (Å²) in [5, 5.41) is 18.1. The Kier molecular flexibility index (Phi) is 7.66. The maximum absolute atomic E-state index is 13.5. The Morgan fingerprint density at radius 2 is 1.82 bits per heavy atom. The molecular weight excluding hydrogens is 566 g/mol. The number of carbonyl (C=O) groups is 1. The van der Waals surface area contributed by atoms with Crippen LogP contribution in [0.15, 0.2) is 48.9 Å². The van der Waals surface area contributed by atoms with Crippen LogP contribution in [-0.4, -0.2) is 103 Å². The molecule has 11 nitrogen and oxygen atoms in total. The molecule has 3 fully saturated rings. The fraction of sp³-hybridized carbons (Fsp3) is 0.529. The summed E-state index contributed by atoms with van der Waals surface area (Å²) in [4.78, 5) is 30.3. The van der Waals surface area contributed by atoms with Crippen molar-refractivity contribution in [2.45, 2.75) is 57.7 Å². The van der Waals surface area contributed by atoms with Gasteiger partial charge in [0, 0.05) is 68.5 Å². The molecule has 3 aliphatic rings. The fourth-order valence-electron chi connectivity index (χ4n) is 7.38. The smallest absolute Gasteiger partial charge is 0.258 e. The second kappa shape index (κ2) is 11.5. The number of rotatable bonds is 7. The second-order valence-electron chi connectivity index (χ2n) is 14.2. The van der Waals surface area contributed by atoms with E-state index in [-0.39, 0.29) is 12.5 Å². The number of benzene rings is 1. The van der Waals surface area contributed by atoms with Crippen LogP contribution in [0.4, 0.5) is 11.6 Å². The second-order valence-corrected chi connectivity index (χ2v) is 14.2. The largest absolute Gasteiger partial charge is 0.389 e. The number of anilines is 2. The van der Waals surface area contributed by atoms with Crippen LogP contribution in [0.5, 0.6) is 0 Å². The van der Waals surface area contributed by atoms with E-state index in [2.05, 4.69) is 49.3 Å². The summed E-state index contributed by atoms with van der Waals surface area (Å²) in [6.07, 6.45) is 10.2. The van der Waals surface area contributed by atoms with Crippen molar-refractivity contribution in [1.82, 2.24) is 34.1 Å². The molecule has 2 N–H and O–H groups in total. The molecule has 4 aromatic rings. The lowest BCUT2D eigenvalue weighted by Crippen LogP contribution is -2.63. The van der Waals surface area contributed by atoms with Crippen molar-refractivity contribution in [3.8, 4) is 11.3 Å². The number of aliphatic hydroxyl groups is 1. The molecule has 3 saturated heterocycles. The van der Waals surface area contributed by atoms with Crippen LogP contribution in [0.25, 0.3) is 22.3 Å². The summed E-state index contributed by atoms with van der Waals surface area (Å²) < 4.78 is 3.63. The number of nitrogens with zero attached hydrogens (tertiary/aromatic N) is 8. The Bertz CT molecular complexity index is 1680. The fourth-order valence-corrected chi connectivity index (χ4v) is 7.38. The van der Waals surface area contributed by atoms with E-state index in [9.17, 15) is 9.90 Å². The van der Waals surface area contributed by atoms with Gasteiger partial charge < -0.3 is 19.5 Å². The van der Waals surface area contributed by atoms with Crippen molar-refractivity contribution in [1.29, 1.82) is 0 Å². The van der Waals surface area contributed by atoms with Crippen molar-refractivity contribution in [2.24, 2.45) is 12.5 Å². The van der Waals surface area contributed by atoms with E-state index in [1.807, 2.05) is 23.9 Å². The van der Waals surface area contributed by atoms with E-state index in [0.717, 1.165) is 35.4 Å². The van der Waals surface area contributed by atoms with Crippen LogP contribution in [-0.2, 0) is 13.6 Å². The highest BCUT2D eigenvalue weighted by molar-refractivity contribution is 6.04. The highest BCUT2D eigenvalue weighted by atomic mass is 16.3. The minimum Gasteiger partial charge on any atom is -0.389 e. The van der Waals surface area contributed by atoms with Gasteiger partial charge in [0.05, 0.1) is 35.1 Å². The number of nitrogens with one attached hydrogen (secondary N) is 1. The molecule has 7 rings (SSSR count). The molecule has 45 heavy (non-hydrogen) atoms. The summed E-state index contributed by atoms with van der Waals surface area (Å²) in [7, 11) is 4.09. The van der Waals surface area contributed by atoms with Crippen LogP contribution in [0.2, 0.25) is 0 Å². The minimum atomic E-state index is -1.01. The van der Waals surface area contributed by atoms with E-state index in [1.54, 1.807) is 43.1 Å². The minimum absolute atomic E-state index is 0.286.